The van der Waals surface area contributed by atoms with Gasteiger partial charge < -0.3 is 15.4 Å². The van der Waals surface area contributed by atoms with E-state index in [2.05, 4.69) is 0 Å². The molecule has 2 rings (SSSR count). The Morgan fingerprint density at radius 2 is 2.28 bits per heavy atom. The average molecular weight is 291 g/mol. The van der Waals surface area contributed by atoms with Crippen molar-refractivity contribution in [3.05, 3.63) is 28.8 Å². The van der Waals surface area contributed by atoms with Crippen LogP contribution in [0.3, 0.4) is 0 Å². The van der Waals surface area contributed by atoms with Crippen LogP contribution in [0.5, 0.6) is 5.75 Å². The molecule has 18 heavy (non-hydrogen) atoms. The molecule has 4 nitrogen and oxygen atoms in total. The van der Waals surface area contributed by atoms with Gasteiger partial charge in [0.2, 0.25) is 0 Å². The van der Waals surface area contributed by atoms with Gasteiger partial charge in [0.15, 0.2) is 0 Å². The lowest BCUT2D eigenvalue weighted by molar-refractivity contribution is 0.0787. The van der Waals surface area contributed by atoms with Crippen LogP contribution in [0.4, 0.5) is 0 Å². The molecule has 2 N–H and O–H groups in total. The standard InChI is InChI=1S/C12H15ClN2O2.ClH/c1-17-11-6-8(13)2-3-10(11)12(16)15-5-4-9(14)7-15;/h2-3,6,9H,4-5,7,14H2,1H3;1H/t9-;/m0./s1. The normalized spacial score (nSPS) is 18.4. The third-order valence-electron chi connectivity index (χ3n) is 2.91. The minimum atomic E-state index is -0.0496. The number of hydrogen-bond donors (Lipinski definition) is 1. The minimum absolute atomic E-state index is 0. The first kappa shape index (κ1) is 15.1. The molecule has 0 radical (unpaired) electrons. The van der Waals surface area contributed by atoms with Crippen molar-refractivity contribution in [3.63, 3.8) is 0 Å². The number of rotatable bonds is 2. The summed E-state index contributed by atoms with van der Waals surface area (Å²) in [5.74, 6) is 0.453. The highest BCUT2D eigenvalue weighted by molar-refractivity contribution is 6.30. The van der Waals surface area contributed by atoms with Gasteiger partial charge in [-0.3, -0.25) is 4.79 Å². The number of benzene rings is 1. The lowest BCUT2D eigenvalue weighted by Gasteiger charge is -2.17. The lowest BCUT2D eigenvalue weighted by atomic mass is 10.1. The van der Waals surface area contributed by atoms with Crippen molar-refractivity contribution in [2.75, 3.05) is 20.2 Å². The quantitative estimate of drug-likeness (QED) is 0.906. The van der Waals surface area contributed by atoms with Crippen LogP contribution in [0.15, 0.2) is 18.2 Å². The van der Waals surface area contributed by atoms with E-state index in [9.17, 15) is 4.79 Å². The summed E-state index contributed by atoms with van der Waals surface area (Å²) in [6.45, 7) is 1.30. The number of carbonyl (C=O) groups excluding carboxylic acids is 1. The van der Waals surface area contributed by atoms with Gasteiger partial charge in [0.1, 0.15) is 5.75 Å². The van der Waals surface area contributed by atoms with Gasteiger partial charge in [0.25, 0.3) is 5.91 Å². The first-order valence-corrected chi connectivity index (χ1v) is 5.88. The van der Waals surface area contributed by atoms with Gasteiger partial charge >= 0.3 is 0 Å². The highest BCUT2D eigenvalue weighted by Crippen LogP contribution is 2.25. The van der Waals surface area contributed by atoms with Crippen LogP contribution in [0.2, 0.25) is 5.02 Å². The Morgan fingerprint density at radius 1 is 1.56 bits per heavy atom. The number of ether oxygens (including phenoxy) is 1. The van der Waals surface area contributed by atoms with E-state index >= 15 is 0 Å². The van der Waals surface area contributed by atoms with Crippen LogP contribution in [0.1, 0.15) is 16.8 Å². The fourth-order valence-electron chi connectivity index (χ4n) is 1.98. The molecule has 1 heterocycles. The van der Waals surface area contributed by atoms with Crippen LogP contribution in [-0.4, -0.2) is 37.0 Å². The van der Waals surface area contributed by atoms with Gasteiger partial charge in [-0.15, -0.1) is 12.4 Å². The molecule has 0 aliphatic carbocycles. The van der Waals surface area contributed by atoms with E-state index in [-0.39, 0.29) is 24.4 Å². The van der Waals surface area contributed by atoms with Gasteiger partial charge in [-0.2, -0.15) is 0 Å². The molecular weight excluding hydrogens is 275 g/mol. The monoisotopic (exact) mass is 290 g/mol. The molecule has 0 saturated carbocycles. The number of nitrogens with two attached hydrogens (primary N) is 1. The molecule has 1 aromatic rings. The fraction of sp³-hybridized carbons (Fsp3) is 0.417. The highest BCUT2D eigenvalue weighted by Gasteiger charge is 2.26. The topological polar surface area (TPSA) is 55.6 Å². The smallest absolute Gasteiger partial charge is 0.257 e. The van der Waals surface area contributed by atoms with Crippen LogP contribution >= 0.6 is 24.0 Å². The lowest BCUT2D eigenvalue weighted by Crippen LogP contribution is -2.32. The summed E-state index contributed by atoms with van der Waals surface area (Å²) in [6.07, 6.45) is 0.849. The van der Waals surface area contributed by atoms with Gasteiger partial charge in [0, 0.05) is 24.2 Å². The summed E-state index contributed by atoms with van der Waals surface area (Å²) in [7, 11) is 1.53. The number of carbonyl (C=O) groups is 1. The first-order chi connectivity index (χ1) is 8.11. The minimum Gasteiger partial charge on any atom is -0.496 e. The molecule has 1 aromatic carbocycles. The Morgan fingerprint density at radius 3 is 2.83 bits per heavy atom. The molecule has 1 atom stereocenters. The maximum absolute atomic E-state index is 12.2. The number of hydrogen-bond acceptors (Lipinski definition) is 3. The molecule has 0 unspecified atom stereocenters. The number of likely N-dealkylation sites (tertiary alicyclic amines) is 1. The van der Waals surface area contributed by atoms with Gasteiger partial charge in [-0.25, -0.2) is 0 Å². The summed E-state index contributed by atoms with van der Waals surface area (Å²) in [6, 6.07) is 5.10. The van der Waals surface area contributed by atoms with E-state index in [0.29, 0.717) is 29.4 Å². The average Bonchev–Trinajstić information content (AvgIpc) is 2.75. The van der Waals surface area contributed by atoms with Crippen LogP contribution < -0.4 is 10.5 Å². The van der Waals surface area contributed by atoms with Gasteiger partial charge in [0.05, 0.1) is 12.7 Å². The Kier molecular flexibility index (Phi) is 5.26. The zero-order chi connectivity index (χ0) is 12.4. The van der Waals surface area contributed by atoms with E-state index in [1.54, 1.807) is 23.1 Å². The van der Waals surface area contributed by atoms with Crippen molar-refractivity contribution < 1.29 is 9.53 Å². The van der Waals surface area contributed by atoms with E-state index in [0.717, 1.165) is 6.42 Å². The SMILES string of the molecule is COc1cc(Cl)ccc1C(=O)N1CC[C@H](N)C1.Cl. The third-order valence-corrected chi connectivity index (χ3v) is 3.14. The van der Waals surface area contributed by atoms with Crippen LogP contribution in [0, 0.1) is 0 Å². The van der Waals surface area contributed by atoms with Crippen LogP contribution in [-0.2, 0) is 0 Å². The van der Waals surface area contributed by atoms with E-state index < -0.39 is 0 Å². The fourth-order valence-corrected chi connectivity index (χ4v) is 2.15. The molecule has 1 aliphatic heterocycles. The number of amides is 1. The second-order valence-electron chi connectivity index (χ2n) is 4.14. The largest absolute Gasteiger partial charge is 0.496 e. The van der Waals surface area contributed by atoms with Crippen molar-refractivity contribution in [2.24, 2.45) is 5.73 Å². The van der Waals surface area contributed by atoms with Crippen molar-refractivity contribution >= 4 is 29.9 Å². The first-order valence-electron chi connectivity index (χ1n) is 5.50. The molecule has 1 amide bonds. The van der Waals surface area contributed by atoms with E-state index in [1.165, 1.54) is 7.11 Å². The summed E-state index contributed by atoms with van der Waals surface area (Å²) >= 11 is 5.86. The summed E-state index contributed by atoms with van der Waals surface area (Å²) < 4.78 is 5.17. The Labute approximate surface area is 117 Å². The van der Waals surface area contributed by atoms with Crippen molar-refractivity contribution in [1.82, 2.24) is 4.90 Å². The van der Waals surface area contributed by atoms with Crippen molar-refractivity contribution in [1.29, 1.82) is 0 Å². The maximum Gasteiger partial charge on any atom is 0.257 e. The summed E-state index contributed by atoms with van der Waals surface area (Å²) in [5, 5.41) is 0.552. The Hall–Kier alpha value is -0.970. The molecule has 100 valence electrons. The highest BCUT2D eigenvalue weighted by atomic mass is 35.5. The number of nitrogens with zero attached hydrogens (tertiary/aromatic N) is 1. The Bertz CT molecular complexity index is 440. The zero-order valence-electron chi connectivity index (χ0n) is 10.1. The second-order valence-corrected chi connectivity index (χ2v) is 4.58. The molecular formula is C12H16Cl2N2O2. The number of halogens is 2. The predicted octanol–water partition coefficient (Wildman–Crippen LogP) is 1.94. The molecule has 0 bridgehead atoms. The zero-order valence-corrected chi connectivity index (χ0v) is 11.6. The molecule has 0 spiro atoms. The summed E-state index contributed by atoms with van der Waals surface area (Å²) in [5.41, 5.74) is 6.32. The molecule has 1 fully saturated rings. The van der Waals surface area contributed by atoms with Crippen LogP contribution in [0.25, 0.3) is 0 Å². The van der Waals surface area contributed by atoms with Crippen molar-refractivity contribution in [3.8, 4) is 5.75 Å². The number of methoxy groups -OCH3 is 1. The van der Waals surface area contributed by atoms with Gasteiger partial charge in [-0.1, -0.05) is 11.6 Å². The molecule has 6 heteroatoms. The van der Waals surface area contributed by atoms with Gasteiger partial charge in [-0.05, 0) is 24.6 Å². The summed E-state index contributed by atoms with van der Waals surface area (Å²) in [4.78, 5) is 14.0. The molecule has 0 aromatic heterocycles. The molecule has 1 saturated heterocycles. The maximum atomic E-state index is 12.2. The Balaban J connectivity index is 0.00000162. The predicted molar refractivity (Wildman–Crippen MR) is 73.7 cm³/mol. The molecule has 1 aliphatic rings. The van der Waals surface area contributed by atoms with Crippen molar-refractivity contribution in [2.45, 2.75) is 12.5 Å². The van der Waals surface area contributed by atoms with E-state index in [1.807, 2.05) is 0 Å². The van der Waals surface area contributed by atoms with E-state index in [4.69, 9.17) is 22.1 Å². The third kappa shape index (κ3) is 3.07. The second kappa shape index (κ2) is 6.27.